The summed E-state index contributed by atoms with van der Waals surface area (Å²) in [4.78, 5) is 27.2. The van der Waals surface area contributed by atoms with E-state index in [-0.39, 0.29) is 11.8 Å². The van der Waals surface area contributed by atoms with Gasteiger partial charge in [-0.1, -0.05) is 23.2 Å². The van der Waals surface area contributed by atoms with Crippen LogP contribution in [0.4, 0.5) is 11.5 Å². The van der Waals surface area contributed by atoms with Crippen molar-refractivity contribution in [1.29, 1.82) is 0 Å². The minimum absolute atomic E-state index is 0.0325. The molecule has 10 heteroatoms. The number of carbonyl (C=O) groups is 1. The quantitative estimate of drug-likeness (QED) is 0.700. The Bertz CT molecular complexity index is 972. The maximum absolute atomic E-state index is 12.6. The summed E-state index contributed by atoms with van der Waals surface area (Å²) in [6.07, 6.45) is 6.00. The number of nitrogens with one attached hydrogen (secondary N) is 1. The van der Waals surface area contributed by atoms with Gasteiger partial charge in [0.25, 0.3) is 0 Å². The number of halogens is 2. The van der Waals surface area contributed by atoms with E-state index in [1.807, 2.05) is 6.07 Å². The van der Waals surface area contributed by atoms with Gasteiger partial charge in [-0.15, -0.1) is 0 Å². The lowest BCUT2D eigenvalue weighted by atomic mass is 9.96. The van der Waals surface area contributed by atoms with Crippen LogP contribution >= 0.6 is 23.2 Å². The Kier molecular flexibility index (Phi) is 5.40. The van der Waals surface area contributed by atoms with Crippen molar-refractivity contribution >= 4 is 40.6 Å². The third-order valence-electron chi connectivity index (χ3n) is 4.67. The molecule has 1 fully saturated rings. The second-order valence-electron chi connectivity index (χ2n) is 6.45. The highest BCUT2D eigenvalue weighted by molar-refractivity contribution is 6.36. The zero-order valence-electron chi connectivity index (χ0n) is 14.8. The normalized spacial score (nSPS) is 14.9. The third kappa shape index (κ3) is 4.07. The fourth-order valence-electron chi connectivity index (χ4n) is 3.16. The fourth-order valence-corrected chi connectivity index (χ4v) is 3.61. The van der Waals surface area contributed by atoms with Crippen LogP contribution in [-0.2, 0) is 4.79 Å². The predicted octanol–water partition coefficient (Wildman–Crippen LogP) is 3.22. The smallest absolute Gasteiger partial charge is 0.227 e. The van der Waals surface area contributed by atoms with Crippen LogP contribution in [-0.4, -0.2) is 43.7 Å². The van der Waals surface area contributed by atoms with Crippen LogP contribution in [0.25, 0.3) is 5.82 Å². The summed E-state index contributed by atoms with van der Waals surface area (Å²) in [6, 6.07) is 6.89. The molecular weight excluding hydrogens is 401 g/mol. The first-order chi connectivity index (χ1) is 13.6. The van der Waals surface area contributed by atoms with Crippen molar-refractivity contribution in [2.45, 2.75) is 12.8 Å². The average Bonchev–Trinajstić information content (AvgIpc) is 3.25. The summed E-state index contributed by atoms with van der Waals surface area (Å²) in [5.74, 6) is 1.34. The molecule has 0 atom stereocenters. The Balaban J connectivity index is 1.38. The minimum Gasteiger partial charge on any atom is -0.356 e. The Morgan fingerprint density at radius 2 is 1.86 bits per heavy atom. The largest absolute Gasteiger partial charge is 0.356 e. The number of nitrogens with zero attached hydrogens (tertiary/aromatic N) is 6. The van der Waals surface area contributed by atoms with Crippen LogP contribution in [0.2, 0.25) is 10.0 Å². The number of aromatic nitrogens is 5. The monoisotopic (exact) mass is 417 g/mol. The molecule has 144 valence electrons. The van der Waals surface area contributed by atoms with Gasteiger partial charge in [0.2, 0.25) is 5.91 Å². The van der Waals surface area contributed by atoms with Crippen molar-refractivity contribution in [3.63, 3.8) is 0 Å². The summed E-state index contributed by atoms with van der Waals surface area (Å²) in [5.41, 5.74) is 0.576. The van der Waals surface area contributed by atoms with E-state index in [2.05, 4.69) is 30.3 Å². The predicted molar refractivity (Wildman–Crippen MR) is 107 cm³/mol. The molecule has 2 aromatic heterocycles. The van der Waals surface area contributed by atoms with Crippen LogP contribution in [0, 0.1) is 5.92 Å². The van der Waals surface area contributed by atoms with E-state index < -0.39 is 0 Å². The van der Waals surface area contributed by atoms with Gasteiger partial charge in [-0.05, 0) is 31.0 Å². The van der Waals surface area contributed by atoms with E-state index in [4.69, 9.17) is 23.2 Å². The molecule has 1 aliphatic rings. The van der Waals surface area contributed by atoms with Crippen LogP contribution in [0.5, 0.6) is 0 Å². The molecule has 3 heterocycles. The van der Waals surface area contributed by atoms with E-state index >= 15 is 0 Å². The van der Waals surface area contributed by atoms with E-state index in [1.165, 1.54) is 12.7 Å². The van der Waals surface area contributed by atoms with Crippen LogP contribution in [0.1, 0.15) is 12.8 Å². The van der Waals surface area contributed by atoms with Gasteiger partial charge in [-0.3, -0.25) is 4.79 Å². The molecule has 0 bridgehead atoms. The van der Waals surface area contributed by atoms with Crippen LogP contribution < -0.4 is 10.2 Å². The number of carbonyl (C=O) groups excluding carboxylic acids is 1. The van der Waals surface area contributed by atoms with Crippen molar-refractivity contribution in [2.75, 3.05) is 23.3 Å². The lowest BCUT2D eigenvalue weighted by molar-refractivity contribution is -0.120. The molecule has 3 aromatic rings. The fraction of sp³-hybridized carbons (Fsp3) is 0.278. The van der Waals surface area contributed by atoms with E-state index in [9.17, 15) is 4.79 Å². The maximum Gasteiger partial charge on any atom is 0.227 e. The molecule has 1 saturated heterocycles. The molecule has 1 N–H and O–H groups in total. The Hall–Kier alpha value is -2.71. The van der Waals surface area contributed by atoms with Crippen molar-refractivity contribution in [3.05, 3.63) is 53.3 Å². The zero-order chi connectivity index (χ0) is 19.5. The molecule has 1 aliphatic heterocycles. The van der Waals surface area contributed by atoms with E-state index in [1.54, 1.807) is 29.2 Å². The summed E-state index contributed by atoms with van der Waals surface area (Å²) >= 11 is 12.0. The van der Waals surface area contributed by atoms with Gasteiger partial charge in [0.05, 0.1) is 10.7 Å². The number of benzene rings is 1. The molecule has 0 saturated carbocycles. The zero-order valence-corrected chi connectivity index (χ0v) is 16.3. The van der Waals surface area contributed by atoms with Crippen LogP contribution in [0.15, 0.2) is 43.2 Å². The van der Waals surface area contributed by atoms with Gasteiger partial charge in [0.1, 0.15) is 24.8 Å². The minimum atomic E-state index is -0.0837. The molecule has 0 spiro atoms. The number of amides is 1. The number of rotatable bonds is 4. The summed E-state index contributed by atoms with van der Waals surface area (Å²) in [5, 5.41) is 7.95. The van der Waals surface area contributed by atoms with Crippen molar-refractivity contribution in [1.82, 2.24) is 24.7 Å². The Morgan fingerprint density at radius 1 is 1.07 bits per heavy atom. The van der Waals surface area contributed by atoms with Crippen molar-refractivity contribution in [3.8, 4) is 5.82 Å². The number of piperidine rings is 1. The molecule has 1 aromatic carbocycles. The first-order valence-corrected chi connectivity index (χ1v) is 9.53. The van der Waals surface area contributed by atoms with Gasteiger partial charge in [0.15, 0.2) is 5.82 Å². The first kappa shape index (κ1) is 18.6. The van der Waals surface area contributed by atoms with E-state index in [0.717, 1.165) is 31.7 Å². The summed E-state index contributed by atoms with van der Waals surface area (Å²) in [6.45, 7) is 1.44. The van der Waals surface area contributed by atoms with Gasteiger partial charge in [-0.25, -0.2) is 19.6 Å². The average molecular weight is 418 g/mol. The number of anilines is 2. The highest BCUT2D eigenvalue weighted by Gasteiger charge is 2.26. The SMILES string of the molecule is O=C(Nc1ccc(Cl)cc1Cl)C1CCN(c2cc(-n3cncn3)ncn2)CC1. The molecular formula is C18H17Cl2N7O. The molecule has 8 nitrogen and oxygen atoms in total. The second-order valence-corrected chi connectivity index (χ2v) is 7.29. The Morgan fingerprint density at radius 3 is 2.57 bits per heavy atom. The molecule has 28 heavy (non-hydrogen) atoms. The Labute approximate surface area is 171 Å². The van der Waals surface area contributed by atoms with Gasteiger partial charge in [-0.2, -0.15) is 5.10 Å². The maximum atomic E-state index is 12.6. The highest BCUT2D eigenvalue weighted by Crippen LogP contribution is 2.28. The first-order valence-electron chi connectivity index (χ1n) is 8.78. The highest BCUT2D eigenvalue weighted by atomic mass is 35.5. The lowest BCUT2D eigenvalue weighted by Crippen LogP contribution is -2.38. The number of hydrogen-bond donors (Lipinski definition) is 1. The lowest BCUT2D eigenvalue weighted by Gasteiger charge is -2.32. The standard InChI is InChI=1S/C18H17Cl2N7O/c19-13-1-2-15(14(20)7-13)25-18(28)12-3-5-26(6-4-12)16-8-17(23-10-22-16)27-11-21-9-24-27/h1-2,7-12H,3-6H2,(H,25,28). The van der Waals surface area contributed by atoms with Crippen molar-refractivity contribution < 1.29 is 4.79 Å². The number of hydrogen-bond acceptors (Lipinski definition) is 6. The van der Waals surface area contributed by atoms with Gasteiger partial charge in [0, 0.05) is 30.1 Å². The second kappa shape index (κ2) is 8.12. The van der Waals surface area contributed by atoms with Gasteiger partial charge < -0.3 is 10.2 Å². The third-order valence-corrected chi connectivity index (χ3v) is 5.22. The summed E-state index contributed by atoms with van der Waals surface area (Å²) in [7, 11) is 0. The van der Waals surface area contributed by atoms with Crippen molar-refractivity contribution in [2.24, 2.45) is 5.92 Å². The van der Waals surface area contributed by atoms with E-state index in [0.29, 0.717) is 21.6 Å². The molecule has 4 rings (SSSR count). The molecule has 0 radical (unpaired) electrons. The molecule has 0 unspecified atom stereocenters. The van der Waals surface area contributed by atoms with Crippen LogP contribution in [0.3, 0.4) is 0 Å². The summed E-state index contributed by atoms with van der Waals surface area (Å²) < 4.78 is 1.58. The molecule has 1 amide bonds. The molecule has 0 aliphatic carbocycles. The topological polar surface area (TPSA) is 88.8 Å². The van der Waals surface area contributed by atoms with Gasteiger partial charge >= 0.3 is 0 Å².